The fourth-order valence-corrected chi connectivity index (χ4v) is 2.15. The van der Waals surface area contributed by atoms with Crippen molar-refractivity contribution in [1.29, 1.82) is 0 Å². The van der Waals surface area contributed by atoms with Crippen molar-refractivity contribution < 1.29 is 0 Å². The Kier molecular flexibility index (Phi) is 3.62. The first-order valence-corrected chi connectivity index (χ1v) is 6.37. The predicted molar refractivity (Wildman–Crippen MR) is 74.5 cm³/mol. The van der Waals surface area contributed by atoms with Gasteiger partial charge in [-0.05, 0) is 43.5 Å². The van der Waals surface area contributed by atoms with E-state index in [2.05, 4.69) is 49.3 Å². The van der Waals surface area contributed by atoms with Crippen LogP contribution < -0.4 is 5.32 Å². The number of nitrogens with zero attached hydrogens (tertiary/aromatic N) is 1. The van der Waals surface area contributed by atoms with Gasteiger partial charge in [0.05, 0.1) is 5.52 Å². The third kappa shape index (κ3) is 2.41. The van der Waals surface area contributed by atoms with Gasteiger partial charge in [0.1, 0.15) is 0 Å². The minimum atomic E-state index is 0.543. The number of hydrogen-bond acceptors (Lipinski definition) is 2. The largest absolute Gasteiger partial charge is 0.382 e. The van der Waals surface area contributed by atoms with E-state index in [-0.39, 0.29) is 0 Å². The highest BCUT2D eigenvalue weighted by atomic mass is 14.9. The zero-order valence-corrected chi connectivity index (χ0v) is 10.8. The molecular formula is C15H20N2. The molecule has 0 saturated heterocycles. The average molecular weight is 228 g/mol. The molecule has 2 heteroatoms. The van der Waals surface area contributed by atoms with Crippen LogP contribution in [0.2, 0.25) is 0 Å². The Morgan fingerprint density at radius 3 is 2.65 bits per heavy atom. The predicted octanol–water partition coefficient (Wildman–Crippen LogP) is 4.14. The van der Waals surface area contributed by atoms with Gasteiger partial charge in [-0.15, -0.1) is 0 Å². The molecule has 1 heterocycles. The zero-order valence-electron chi connectivity index (χ0n) is 10.8. The molecule has 2 rings (SSSR count). The highest BCUT2D eigenvalue weighted by Crippen LogP contribution is 2.25. The fraction of sp³-hybridized carbons (Fsp3) is 0.400. The molecule has 2 aromatic rings. The van der Waals surface area contributed by atoms with Crippen molar-refractivity contribution in [3.8, 4) is 0 Å². The summed E-state index contributed by atoms with van der Waals surface area (Å²) in [5, 5.41) is 4.83. The molecule has 1 N–H and O–H groups in total. The van der Waals surface area contributed by atoms with Crippen LogP contribution in [0.25, 0.3) is 10.9 Å². The monoisotopic (exact) mass is 228 g/mol. The number of aromatic nitrogens is 1. The summed E-state index contributed by atoms with van der Waals surface area (Å²) in [7, 11) is 0. The van der Waals surface area contributed by atoms with Crippen molar-refractivity contribution in [2.75, 3.05) is 5.32 Å². The Bertz CT molecular complexity index is 501. The molecule has 0 spiro atoms. The van der Waals surface area contributed by atoms with Gasteiger partial charge in [-0.1, -0.05) is 19.9 Å². The molecule has 0 bridgehead atoms. The van der Waals surface area contributed by atoms with Crippen LogP contribution in [0.3, 0.4) is 0 Å². The maximum Gasteiger partial charge on any atom is 0.0751 e. The Hall–Kier alpha value is -1.57. The standard InChI is InChI=1S/C15H20N2/c1-4-12(5-2)17-14-9-8-11(3)15-13(14)7-6-10-16-15/h6-10,12,17H,4-5H2,1-3H3. The lowest BCUT2D eigenvalue weighted by molar-refractivity contribution is 0.672. The molecular weight excluding hydrogens is 208 g/mol. The van der Waals surface area contributed by atoms with Gasteiger partial charge in [0.25, 0.3) is 0 Å². The van der Waals surface area contributed by atoms with Gasteiger partial charge >= 0.3 is 0 Å². The van der Waals surface area contributed by atoms with Gasteiger partial charge in [-0.2, -0.15) is 0 Å². The molecule has 1 aromatic heterocycles. The average Bonchev–Trinajstić information content (AvgIpc) is 2.38. The minimum absolute atomic E-state index is 0.543. The highest BCUT2D eigenvalue weighted by molar-refractivity contribution is 5.93. The maximum atomic E-state index is 4.46. The number of hydrogen-bond donors (Lipinski definition) is 1. The van der Waals surface area contributed by atoms with E-state index >= 15 is 0 Å². The summed E-state index contributed by atoms with van der Waals surface area (Å²) < 4.78 is 0. The summed E-state index contributed by atoms with van der Waals surface area (Å²) in [4.78, 5) is 4.46. The van der Waals surface area contributed by atoms with E-state index in [1.165, 1.54) is 16.6 Å². The molecule has 0 unspecified atom stereocenters. The summed E-state index contributed by atoms with van der Waals surface area (Å²) in [5.74, 6) is 0. The molecule has 0 fully saturated rings. The lowest BCUT2D eigenvalue weighted by atomic mass is 10.1. The zero-order chi connectivity index (χ0) is 12.3. The number of rotatable bonds is 4. The number of benzene rings is 1. The molecule has 0 aliphatic carbocycles. The van der Waals surface area contributed by atoms with Gasteiger partial charge in [-0.25, -0.2) is 0 Å². The molecule has 2 nitrogen and oxygen atoms in total. The second-order valence-electron chi connectivity index (χ2n) is 4.49. The number of anilines is 1. The quantitative estimate of drug-likeness (QED) is 0.850. The first kappa shape index (κ1) is 11.9. The van der Waals surface area contributed by atoms with Crippen LogP contribution in [-0.4, -0.2) is 11.0 Å². The minimum Gasteiger partial charge on any atom is -0.382 e. The van der Waals surface area contributed by atoms with Crippen molar-refractivity contribution in [3.63, 3.8) is 0 Å². The van der Waals surface area contributed by atoms with Gasteiger partial charge in [-0.3, -0.25) is 4.98 Å². The summed E-state index contributed by atoms with van der Waals surface area (Å²) in [6.45, 7) is 6.54. The van der Waals surface area contributed by atoms with Crippen LogP contribution in [0.1, 0.15) is 32.3 Å². The Morgan fingerprint density at radius 1 is 1.18 bits per heavy atom. The Morgan fingerprint density at radius 2 is 1.94 bits per heavy atom. The third-order valence-corrected chi connectivity index (χ3v) is 3.32. The molecule has 1 aromatic carbocycles. The number of aryl methyl sites for hydroxylation is 1. The number of pyridine rings is 1. The Labute approximate surface area is 103 Å². The van der Waals surface area contributed by atoms with E-state index in [1.807, 2.05) is 12.3 Å². The van der Waals surface area contributed by atoms with Crippen molar-refractivity contribution in [2.24, 2.45) is 0 Å². The normalized spacial score (nSPS) is 11.1. The van der Waals surface area contributed by atoms with Crippen LogP contribution in [0, 0.1) is 6.92 Å². The van der Waals surface area contributed by atoms with E-state index in [0.29, 0.717) is 6.04 Å². The van der Waals surface area contributed by atoms with Crippen LogP contribution in [-0.2, 0) is 0 Å². The van der Waals surface area contributed by atoms with Gasteiger partial charge in [0.2, 0.25) is 0 Å². The molecule has 0 saturated carbocycles. The summed E-state index contributed by atoms with van der Waals surface area (Å²) >= 11 is 0. The molecule has 0 amide bonds. The number of nitrogens with one attached hydrogen (secondary N) is 1. The van der Waals surface area contributed by atoms with Crippen LogP contribution >= 0.6 is 0 Å². The smallest absolute Gasteiger partial charge is 0.0751 e. The van der Waals surface area contributed by atoms with Gasteiger partial charge in [0.15, 0.2) is 0 Å². The molecule has 0 radical (unpaired) electrons. The summed E-state index contributed by atoms with van der Waals surface area (Å²) in [6.07, 6.45) is 4.15. The van der Waals surface area contributed by atoms with Gasteiger partial charge in [0, 0.05) is 23.3 Å². The molecule has 0 aliphatic heterocycles. The Balaban J connectivity index is 2.44. The topological polar surface area (TPSA) is 24.9 Å². The molecule has 0 atom stereocenters. The second kappa shape index (κ2) is 5.17. The highest BCUT2D eigenvalue weighted by Gasteiger charge is 2.07. The summed E-state index contributed by atoms with van der Waals surface area (Å²) in [5.41, 5.74) is 3.53. The van der Waals surface area contributed by atoms with Crippen molar-refractivity contribution in [1.82, 2.24) is 4.98 Å². The van der Waals surface area contributed by atoms with E-state index in [9.17, 15) is 0 Å². The molecule has 0 aliphatic rings. The fourth-order valence-electron chi connectivity index (χ4n) is 2.15. The van der Waals surface area contributed by atoms with Crippen molar-refractivity contribution >= 4 is 16.6 Å². The first-order chi connectivity index (χ1) is 8.26. The van der Waals surface area contributed by atoms with E-state index in [0.717, 1.165) is 18.4 Å². The van der Waals surface area contributed by atoms with E-state index in [1.54, 1.807) is 0 Å². The van der Waals surface area contributed by atoms with Crippen molar-refractivity contribution in [3.05, 3.63) is 36.0 Å². The van der Waals surface area contributed by atoms with Crippen LogP contribution in [0.15, 0.2) is 30.5 Å². The SMILES string of the molecule is CCC(CC)Nc1ccc(C)c2ncccc12. The van der Waals surface area contributed by atoms with Crippen LogP contribution in [0.4, 0.5) is 5.69 Å². The second-order valence-corrected chi connectivity index (χ2v) is 4.49. The summed E-state index contributed by atoms with van der Waals surface area (Å²) in [6, 6.07) is 8.98. The molecule has 17 heavy (non-hydrogen) atoms. The van der Waals surface area contributed by atoms with E-state index in [4.69, 9.17) is 0 Å². The number of fused-ring (bicyclic) bond motifs is 1. The van der Waals surface area contributed by atoms with Crippen LogP contribution in [0.5, 0.6) is 0 Å². The lowest BCUT2D eigenvalue weighted by Crippen LogP contribution is -2.17. The first-order valence-electron chi connectivity index (χ1n) is 6.37. The maximum absolute atomic E-state index is 4.46. The van der Waals surface area contributed by atoms with Crippen molar-refractivity contribution in [2.45, 2.75) is 39.7 Å². The third-order valence-electron chi connectivity index (χ3n) is 3.32. The van der Waals surface area contributed by atoms with E-state index < -0.39 is 0 Å². The van der Waals surface area contributed by atoms with Gasteiger partial charge < -0.3 is 5.32 Å². The molecule has 90 valence electrons. The lowest BCUT2D eigenvalue weighted by Gasteiger charge is -2.18.